The van der Waals surface area contributed by atoms with Gasteiger partial charge in [0.1, 0.15) is 10.7 Å². The molecule has 132 valence electrons. The second-order valence-electron chi connectivity index (χ2n) is 5.40. The van der Waals surface area contributed by atoms with E-state index in [0.717, 1.165) is 6.07 Å². The summed E-state index contributed by atoms with van der Waals surface area (Å²) in [5.41, 5.74) is 0.337. The van der Waals surface area contributed by atoms with Crippen molar-refractivity contribution in [2.45, 2.75) is 24.3 Å². The lowest BCUT2D eigenvalue weighted by Gasteiger charge is -2.27. The van der Waals surface area contributed by atoms with Crippen LogP contribution in [0.15, 0.2) is 45.8 Å². The SMILES string of the molecule is CCC1Oc2c(cc(Br)cc2S(=O)(=O)Nc2cccc(F)c2)NC1=O. The smallest absolute Gasteiger partial charge is 0.265 e. The first-order chi connectivity index (χ1) is 11.8. The summed E-state index contributed by atoms with van der Waals surface area (Å²) in [4.78, 5) is 11.8. The van der Waals surface area contributed by atoms with Crippen LogP contribution in [-0.2, 0) is 14.8 Å². The summed E-state index contributed by atoms with van der Waals surface area (Å²) >= 11 is 3.22. The zero-order chi connectivity index (χ0) is 18.2. The van der Waals surface area contributed by atoms with Crippen LogP contribution in [0.25, 0.3) is 0 Å². The van der Waals surface area contributed by atoms with E-state index < -0.39 is 21.9 Å². The number of hydrogen-bond acceptors (Lipinski definition) is 4. The maximum Gasteiger partial charge on any atom is 0.265 e. The van der Waals surface area contributed by atoms with Crippen molar-refractivity contribution in [3.05, 3.63) is 46.7 Å². The minimum atomic E-state index is -4.07. The van der Waals surface area contributed by atoms with Gasteiger partial charge in [0.15, 0.2) is 11.9 Å². The number of carbonyl (C=O) groups is 1. The van der Waals surface area contributed by atoms with Crippen molar-refractivity contribution in [1.82, 2.24) is 0 Å². The van der Waals surface area contributed by atoms with Crippen LogP contribution in [0.4, 0.5) is 15.8 Å². The molecule has 0 fully saturated rings. The van der Waals surface area contributed by atoms with Gasteiger partial charge >= 0.3 is 0 Å². The van der Waals surface area contributed by atoms with Gasteiger partial charge in [0.05, 0.1) is 11.4 Å². The van der Waals surface area contributed by atoms with E-state index >= 15 is 0 Å². The predicted octanol–water partition coefficient (Wildman–Crippen LogP) is 3.50. The van der Waals surface area contributed by atoms with Crippen molar-refractivity contribution < 1.29 is 22.3 Å². The van der Waals surface area contributed by atoms with Gasteiger partial charge in [-0.15, -0.1) is 0 Å². The minimum absolute atomic E-state index is 0.0542. The molecule has 0 aromatic heterocycles. The number of fused-ring (bicyclic) bond motifs is 1. The number of ether oxygens (including phenoxy) is 1. The highest BCUT2D eigenvalue weighted by atomic mass is 79.9. The van der Waals surface area contributed by atoms with Crippen molar-refractivity contribution in [3.8, 4) is 5.75 Å². The first kappa shape index (κ1) is 17.7. The average Bonchev–Trinajstić information content (AvgIpc) is 2.53. The Morgan fingerprint density at radius 1 is 1.32 bits per heavy atom. The second-order valence-corrected chi connectivity index (χ2v) is 7.97. The Bertz CT molecular complexity index is 949. The van der Waals surface area contributed by atoms with Crippen LogP contribution >= 0.6 is 15.9 Å². The largest absolute Gasteiger partial charge is 0.477 e. The first-order valence-electron chi connectivity index (χ1n) is 7.39. The van der Waals surface area contributed by atoms with Gasteiger partial charge in [0.25, 0.3) is 15.9 Å². The third-order valence-corrected chi connectivity index (χ3v) is 5.41. The van der Waals surface area contributed by atoms with E-state index in [4.69, 9.17) is 4.74 Å². The summed E-state index contributed by atoms with van der Waals surface area (Å²) in [6.07, 6.45) is -0.394. The molecule has 1 aliphatic rings. The zero-order valence-corrected chi connectivity index (χ0v) is 15.4. The van der Waals surface area contributed by atoms with Crippen molar-refractivity contribution in [2.75, 3.05) is 10.0 Å². The molecule has 0 bridgehead atoms. The van der Waals surface area contributed by atoms with Crippen LogP contribution in [0.5, 0.6) is 5.75 Å². The van der Waals surface area contributed by atoms with E-state index in [2.05, 4.69) is 26.0 Å². The van der Waals surface area contributed by atoms with Gasteiger partial charge < -0.3 is 10.1 Å². The highest BCUT2D eigenvalue weighted by Gasteiger charge is 2.32. The number of benzene rings is 2. The second kappa shape index (κ2) is 6.64. The van der Waals surface area contributed by atoms with Crippen molar-refractivity contribution in [2.24, 2.45) is 0 Å². The van der Waals surface area contributed by atoms with Crippen LogP contribution in [0.3, 0.4) is 0 Å². The minimum Gasteiger partial charge on any atom is -0.477 e. The van der Waals surface area contributed by atoms with Gasteiger partial charge in [-0.25, -0.2) is 12.8 Å². The number of nitrogens with one attached hydrogen (secondary N) is 2. The number of carbonyl (C=O) groups excluding carboxylic acids is 1. The quantitative estimate of drug-likeness (QED) is 0.780. The van der Waals surface area contributed by atoms with Crippen LogP contribution < -0.4 is 14.8 Å². The van der Waals surface area contributed by atoms with Crippen LogP contribution in [0.2, 0.25) is 0 Å². The molecule has 2 aromatic rings. The average molecular weight is 429 g/mol. The molecule has 0 aliphatic carbocycles. The predicted molar refractivity (Wildman–Crippen MR) is 94.7 cm³/mol. The van der Waals surface area contributed by atoms with Gasteiger partial charge in [0, 0.05) is 4.47 Å². The fourth-order valence-electron chi connectivity index (χ4n) is 2.42. The Kier molecular flexibility index (Phi) is 4.70. The Hall–Kier alpha value is -2.13. The molecular weight excluding hydrogens is 415 g/mol. The molecule has 0 saturated carbocycles. The molecule has 1 amide bonds. The van der Waals surface area contributed by atoms with E-state index in [-0.39, 0.29) is 27.9 Å². The van der Waals surface area contributed by atoms with Crippen molar-refractivity contribution in [1.29, 1.82) is 0 Å². The molecule has 0 saturated heterocycles. The molecule has 0 radical (unpaired) electrons. The third-order valence-electron chi connectivity index (χ3n) is 3.57. The highest BCUT2D eigenvalue weighted by Crippen LogP contribution is 2.40. The Balaban J connectivity index is 2.06. The summed E-state index contributed by atoms with van der Waals surface area (Å²) in [6, 6.07) is 8.03. The normalized spacial score (nSPS) is 16.6. The molecule has 2 aromatic carbocycles. The lowest BCUT2D eigenvalue weighted by molar-refractivity contribution is -0.123. The molecule has 1 aliphatic heterocycles. The van der Waals surface area contributed by atoms with Gasteiger partial charge in [-0.1, -0.05) is 28.9 Å². The Morgan fingerprint density at radius 3 is 2.76 bits per heavy atom. The maximum absolute atomic E-state index is 13.3. The summed E-state index contributed by atoms with van der Waals surface area (Å²) < 4.78 is 47.2. The van der Waals surface area contributed by atoms with E-state index in [1.165, 1.54) is 24.3 Å². The van der Waals surface area contributed by atoms with Gasteiger partial charge in [-0.2, -0.15) is 0 Å². The van der Waals surface area contributed by atoms with Crippen LogP contribution in [0.1, 0.15) is 13.3 Å². The lowest BCUT2D eigenvalue weighted by atomic mass is 10.2. The molecule has 1 unspecified atom stereocenters. The number of rotatable bonds is 4. The lowest BCUT2D eigenvalue weighted by Crippen LogP contribution is -2.37. The molecule has 3 rings (SSSR count). The molecule has 0 spiro atoms. The molecule has 9 heteroatoms. The maximum atomic E-state index is 13.3. The third kappa shape index (κ3) is 3.62. The molecule has 6 nitrogen and oxygen atoms in total. The number of amides is 1. The molecule has 1 heterocycles. The van der Waals surface area contributed by atoms with Crippen LogP contribution in [0, 0.1) is 5.82 Å². The van der Waals surface area contributed by atoms with Gasteiger partial charge in [-0.05, 0) is 36.8 Å². The van der Waals surface area contributed by atoms with Gasteiger partial charge in [0.2, 0.25) is 0 Å². The number of hydrogen-bond donors (Lipinski definition) is 2. The molecule has 2 N–H and O–H groups in total. The van der Waals surface area contributed by atoms with Crippen molar-refractivity contribution >= 4 is 43.2 Å². The number of sulfonamides is 1. The highest BCUT2D eigenvalue weighted by molar-refractivity contribution is 9.10. The number of halogens is 2. The van der Waals surface area contributed by atoms with Crippen molar-refractivity contribution in [3.63, 3.8) is 0 Å². The van der Waals surface area contributed by atoms with E-state index in [1.54, 1.807) is 13.0 Å². The first-order valence-corrected chi connectivity index (χ1v) is 9.67. The zero-order valence-electron chi connectivity index (χ0n) is 13.0. The monoisotopic (exact) mass is 428 g/mol. The standard InChI is InChI=1S/C16H14BrFN2O4S/c1-2-13-16(21)19-12-6-9(17)7-14(15(12)24-13)25(22,23)20-11-5-3-4-10(18)8-11/h3-8,13,20H,2H2,1H3,(H,19,21). The van der Waals surface area contributed by atoms with Crippen LogP contribution in [-0.4, -0.2) is 20.4 Å². The Morgan fingerprint density at radius 2 is 2.08 bits per heavy atom. The summed E-state index contributed by atoms with van der Waals surface area (Å²) in [5, 5.41) is 2.64. The van der Waals surface area contributed by atoms with E-state index in [1.807, 2.05) is 0 Å². The fraction of sp³-hybridized carbons (Fsp3) is 0.188. The number of anilines is 2. The fourth-order valence-corrected chi connectivity index (χ4v) is 4.26. The molecule has 25 heavy (non-hydrogen) atoms. The van der Waals surface area contributed by atoms with E-state index in [9.17, 15) is 17.6 Å². The Labute approximate surface area is 152 Å². The van der Waals surface area contributed by atoms with Gasteiger partial charge in [-0.3, -0.25) is 9.52 Å². The van der Waals surface area contributed by atoms with E-state index in [0.29, 0.717) is 10.9 Å². The topological polar surface area (TPSA) is 84.5 Å². The summed E-state index contributed by atoms with van der Waals surface area (Å²) in [6.45, 7) is 1.76. The summed E-state index contributed by atoms with van der Waals surface area (Å²) in [7, 11) is -4.07. The molecule has 1 atom stereocenters. The summed E-state index contributed by atoms with van der Waals surface area (Å²) in [5.74, 6) is -0.848. The molecular formula is C16H14BrFN2O4S.